The van der Waals surface area contributed by atoms with E-state index in [-0.39, 0.29) is 28.4 Å². The third kappa shape index (κ3) is 6.89. The molecule has 3 aromatic rings. The molecule has 0 radical (unpaired) electrons. The van der Waals surface area contributed by atoms with Crippen molar-refractivity contribution in [2.75, 3.05) is 18.2 Å². The van der Waals surface area contributed by atoms with Crippen LogP contribution in [-0.2, 0) is 16.1 Å². The average Bonchev–Trinajstić information content (AvgIpc) is 3.26. The van der Waals surface area contributed by atoms with Crippen LogP contribution in [0.2, 0.25) is 5.02 Å². The first-order valence-electron chi connectivity index (χ1n) is 11.3. The topological polar surface area (TPSA) is 95.3 Å². The maximum atomic E-state index is 12.6. The monoisotopic (exact) mass is 528 g/mol. The lowest BCUT2D eigenvalue weighted by Crippen LogP contribution is -2.16. The van der Waals surface area contributed by atoms with Gasteiger partial charge in [0, 0.05) is 12.2 Å². The summed E-state index contributed by atoms with van der Waals surface area (Å²) in [6, 6.07) is 12.6. The maximum Gasteiger partial charge on any atom is 0.339 e. The zero-order chi connectivity index (χ0) is 26.2. The molecule has 1 unspecified atom stereocenters. The molecule has 1 amide bonds. The molecule has 10 heteroatoms. The van der Waals surface area contributed by atoms with Crippen LogP contribution >= 0.6 is 23.4 Å². The van der Waals surface area contributed by atoms with Crippen molar-refractivity contribution in [3.63, 3.8) is 0 Å². The Bertz CT molecular complexity index is 1230. The number of allylic oxidation sites excluding steroid dienone is 1. The Morgan fingerprint density at radius 2 is 1.89 bits per heavy atom. The molecule has 0 saturated carbocycles. The van der Waals surface area contributed by atoms with E-state index in [4.69, 9.17) is 21.1 Å². The number of hydrogen-bond acceptors (Lipinski definition) is 7. The van der Waals surface area contributed by atoms with Gasteiger partial charge in [-0.25, -0.2) is 4.79 Å². The van der Waals surface area contributed by atoms with E-state index in [0.29, 0.717) is 29.1 Å². The first kappa shape index (κ1) is 27.3. The lowest BCUT2D eigenvalue weighted by atomic mass is 10.0. The maximum absolute atomic E-state index is 12.6. The summed E-state index contributed by atoms with van der Waals surface area (Å²) < 4.78 is 12.7. The summed E-state index contributed by atoms with van der Waals surface area (Å²) >= 11 is 7.28. The van der Waals surface area contributed by atoms with Crippen LogP contribution in [0, 0.1) is 0 Å². The van der Waals surface area contributed by atoms with Gasteiger partial charge in [-0.05, 0) is 48.7 Å². The lowest BCUT2D eigenvalue weighted by Gasteiger charge is -2.16. The van der Waals surface area contributed by atoms with Crippen LogP contribution in [0.15, 0.2) is 60.3 Å². The fourth-order valence-electron chi connectivity index (χ4n) is 3.39. The van der Waals surface area contributed by atoms with Gasteiger partial charge >= 0.3 is 5.97 Å². The molecule has 0 bridgehead atoms. The number of nitrogens with one attached hydrogen (secondary N) is 1. The van der Waals surface area contributed by atoms with Gasteiger partial charge in [-0.3, -0.25) is 9.36 Å². The molecule has 36 heavy (non-hydrogen) atoms. The molecular weight excluding hydrogens is 500 g/mol. The first-order valence-corrected chi connectivity index (χ1v) is 12.7. The van der Waals surface area contributed by atoms with Crippen LogP contribution in [0.3, 0.4) is 0 Å². The lowest BCUT2D eigenvalue weighted by molar-refractivity contribution is -0.113. The van der Waals surface area contributed by atoms with Gasteiger partial charge in [0.25, 0.3) is 0 Å². The number of ether oxygens (including phenoxy) is 2. The van der Waals surface area contributed by atoms with Crippen molar-refractivity contribution in [3.8, 4) is 5.75 Å². The van der Waals surface area contributed by atoms with E-state index in [1.165, 1.54) is 36.6 Å². The Labute approximate surface area is 220 Å². The van der Waals surface area contributed by atoms with Crippen LogP contribution < -0.4 is 10.1 Å². The number of rotatable bonds is 11. The van der Waals surface area contributed by atoms with E-state index in [2.05, 4.69) is 48.1 Å². The molecule has 8 nitrogen and oxygen atoms in total. The number of methoxy groups -OCH3 is 1. The quantitative estimate of drug-likeness (QED) is 0.188. The van der Waals surface area contributed by atoms with E-state index in [1.54, 1.807) is 12.1 Å². The van der Waals surface area contributed by atoms with E-state index < -0.39 is 5.97 Å². The Morgan fingerprint density at radius 1 is 1.17 bits per heavy atom. The van der Waals surface area contributed by atoms with Crippen molar-refractivity contribution >= 4 is 40.9 Å². The number of nitrogens with zero attached hydrogens (tertiary/aromatic N) is 3. The second kappa shape index (κ2) is 12.6. The normalized spacial score (nSPS) is 11.7. The molecular formula is C26H29ClN4O4S. The van der Waals surface area contributed by atoms with E-state index in [9.17, 15) is 9.59 Å². The minimum atomic E-state index is -0.581. The highest BCUT2D eigenvalue weighted by Gasteiger charge is 2.20. The van der Waals surface area contributed by atoms with E-state index in [0.717, 1.165) is 5.75 Å². The van der Waals surface area contributed by atoms with Gasteiger partial charge in [0.2, 0.25) is 5.91 Å². The van der Waals surface area contributed by atoms with Crippen LogP contribution in [-0.4, -0.2) is 39.5 Å². The van der Waals surface area contributed by atoms with Crippen LogP contribution in [0.5, 0.6) is 5.75 Å². The highest BCUT2D eigenvalue weighted by molar-refractivity contribution is 7.99. The number of anilines is 1. The number of carbonyl (C=O) groups excluding carboxylic acids is 2. The number of hydrogen-bond donors (Lipinski definition) is 1. The molecule has 0 fully saturated rings. The molecule has 3 rings (SSSR count). The predicted octanol–water partition coefficient (Wildman–Crippen LogP) is 5.90. The Kier molecular flexibility index (Phi) is 9.55. The van der Waals surface area contributed by atoms with E-state index in [1.807, 2.05) is 23.6 Å². The Balaban J connectivity index is 1.66. The Hall–Kier alpha value is -3.30. The molecule has 0 aliphatic carbocycles. The second-order valence-electron chi connectivity index (χ2n) is 8.25. The van der Waals surface area contributed by atoms with Gasteiger partial charge in [0.05, 0.1) is 23.4 Å². The highest BCUT2D eigenvalue weighted by atomic mass is 35.5. The Morgan fingerprint density at radius 3 is 2.53 bits per heavy atom. The largest absolute Gasteiger partial charge is 0.483 e. The SMILES string of the molecule is C=CCn1c(SCC(=O)Nc2ccc(Cl)c(C(=O)OC)c2)nnc1C(C)Oc1ccc(C(C)C)cc1. The van der Waals surface area contributed by atoms with Crippen LogP contribution in [0.25, 0.3) is 0 Å². The summed E-state index contributed by atoms with van der Waals surface area (Å²) in [5.74, 6) is 1.04. The first-order chi connectivity index (χ1) is 17.2. The molecule has 0 spiro atoms. The van der Waals surface area contributed by atoms with Crippen molar-refractivity contribution in [2.24, 2.45) is 0 Å². The number of esters is 1. The number of benzene rings is 2. The molecule has 1 atom stereocenters. The van der Waals surface area contributed by atoms with Crippen molar-refractivity contribution in [3.05, 3.63) is 77.1 Å². The second-order valence-corrected chi connectivity index (χ2v) is 9.60. The number of carbonyl (C=O) groups is 2. The molecule has 190 valence electrons. The highest BCUT2D eigenvalue weighted by Crippen LogP contribution is 2.27. The number of aromatic nitrogens is 3. The number of thioether (sulfide) groups is 1. The van der Waals surface area contributed by atoms with Crippen LogP contribution in [0.4, 0.5) is 5.69 Å². The van der Waals surface area contributed by atoms with Crippen molar-refractivity contribution < 1.29 is 19.1 Å². The summed E-state index contributed by atoms with van der Waals surface area (Å²) in [6.07, 6.45) is 1.37. The zero-order valence-corrected chi connectivity index (χ0v) is 22.2. The summed E-state index contributed by atoms with van der Waals surface area (Å²) in [6.45, 7) is 10.5. The van der Waals surface area contributed by atoms with Gasteiger partial charge in [-0.2, -0.15) is 0 Å². The molecule has 0 saturated heterocycles. The van der Waals surface area contributed by atoms with Gasteiger partial charge in [-0.1, -0.05) is 55.4 Å². The molecule has 2 aromatic carbocycles. The van der Waals surface area contributed by atoms with Gasteiger partial charge < -0.3 is 14.8 Å². The van der Waals surface area contributed by atoms with Gasteiger partial charge in [-0.15, -0.1) is 16.8 Å². The number of amides is 1. The number of halogens is 1. The minimum Gasteiger partial charge on any atom is -0.483 e. The zero-order valence-electron chi connectivity index (χ0n) is 20.7. The van der Waals surface area contributed by atoms with Crippen molar-refractivity contribution in [1.82, 2.24) is 14.8 Å². The molecule has 0 aliphatic heterocycles. The molecule has 1 aromatic heterocycles. The standard InChI is InChI=1S/C26H29ClN4O4S/c1-6-13-31-24(17(4)35-20-10-7-18(8-11-20)16(2)3)29-30-26(31)36-15-23(32)28-19-9-12-22(27)21(14-19)25(33)34-5/h6-12,14,16-17H,1,13,15H2,2-5H3,(H,28,32). The van der Waals surface area contributed by atoms with Gasteiger partial charge in [0.1, 0.15) is 5.75 Å². The van der Waals surface area contributed by atoms with Crippen LogP contribution in [0.1, 0.15) is 54.5 Å². The summed E-state index contributed by atoms with van der Waals surface area (Å²) in [4.78, 5) is 24.4. The fraction of sp³-hybridized carbons (Fsp3) is 0.308. The van der Waals surface area contributed by atoms with Crippen molar-refractivity contribution in [1.29, 1.82) is 0 Å². The predicted molar refractivity (Wildman–Crippen MR) is 142 cm³/mol. The average molecular weight is 529 g/mol. The molecule has 1 N–H and O–H groups in total. The third-order valence-corrected chi connectivity index (χ3v) is 6.56. The smallest absolute Gasteiger partial charge is 0.339 e. The fourth-order valence-corrected chi connectivity index (χ4v) is 4.34. The van der Waals surface area contributed by atoms with E-state index >= 15 is 0 Å². The van der Waals surface area contributed by atoms with Crippen molar-refractivity contribution in [2.45, 2.75) is 44.5 Å². The molecule has 1 heterocycles. The summed E-state index contributed by atoms with van der Waals surface area (Å²) in [5.41, 5.74) is 1.85. The summed E-state index contributed by atoms with van der Waals surface area (Å²) in [7, 11) is 1.27. The minimum absolute atomic E-state index is 0.0807. The van der Waals surface area contributed by atoms with Gasteiger partial charge in [0.15, 0.2) is 17.1 Å². The third-order valence-electron chi connectivity index (χ3n) is 5.27. The molecule has 0 aliphatic rings. The summed E-state index contributed by atoms with van der Waals surface area (Å²) in [5, 5.41) is 12.1.